The lowest BCUT2D eigenvalue weighted by Gasteiger charge is -2.27. The molecule has 0 saturated heterocycles. The van der Waals surface area contributed by atoms with Gasteiger partial charge in [0.15, 0.2) is 0 Å². The number of anilines is 3. The van der Waals surface area contributed by atoms with E-state index in [0.717, 1.165) is 23.5 Å². The largest absolute Gasteiger partial charge is 0.310 e. The molecule has 0 heterocycles. The van der Waals surface area contributed by atoms with Crippen LogP contribution in [0.5, 0.6) is 0 Å². The van der Waals surface area contributed by atoms with Crippen LogP contribution in [0.15, 0.2) is 200 Å². The summed E-state index contributed by atoms with van der Waals surface area (Å²) in [6, 6.07) is 73.6. The molecule has 10 aromatic carbocycles. The number of hydrogen-bond donors (Lipinski definition) is 0. The summed E-state index contributed by atoms with van der Waals surface area (Å²) in [7, 11) is 0. The Bertz CT molecular complexity index is 3320. The number of rotatable bonds is 6. The average molecular weight is 740 g/mol. The van der Waals surface area contributed by atoms with Crippen LogP contribution in [-0.2, 0) is 0 Å². The number of fused-ring (bicyclic) bond motifs is 8. The maximum absolute atomic E-state index is 2.48. The van der Waals surface area contributed by atoms with Gasteiger partial charge in [-0.15, -0.1) is 0 Å². The third-order valence-electron chi connectivity index (χ3n) is 12.1. The van der Waals surface area contributed by atoms with E-state index in [-0.39, 0.29) is 0 Å². The first-order chi connectivity index (χ1) is 28.6. The van der Waals surface area contributed by atoms with Gasteiger partial charge in [0.25, 0.3) is 0 Å². The Labute approximate surface area is 339 Å². The normalized spacial score (nSPS) is 13.6. The summed E-state index contributed by atoms with van der Waals surface area (Å²) in [6.07, 6.45) is 6.00. The van der Waals surface area contributed by atoms with E-state index in [1.165, 1.54) is 86.9 Å². The highest BCUT2D eigenvalue weighted by molar-refractivity contribution is 6.10. The standard InChI is InChI=1S/C57H41N/c1-38-21-31-52-53-32-29-42-14-6-8-20-51(42)57(53)37-55(56(52)33-38)43-24-22-40(23-25-43)46-16-10-18-48(35-46)58(47-17-9-15-45(34-47)39-11-3-2-4-12-39)49-30-28-44-27-26-41-13-5-7-19-50(41)54(44)36-49/h2-20,22-38H,21H2,1H3. The Balaban J connectivity index is 1.04. The molecule has 0 saturated carbocycles. The molecule has 0 amide bonds. The van der Waals surface area contributed by atoms with Crippen LogP contribution in [0.4, 0.5) is 17.1 Å². The molecular weight excluding hydrogens is 699 g/mol. The van der Waals surface area contributed by atoms with Crippen LogP contribution in [0.1, 0.15) is 13.3 Å². The Morgan fingerprint density at radius 1 is 0.362 bits per heavy atom. The molecule has 0 N–H and O–H groups in total. The average Bonchev–Trinajstić information content (AvgIpc) is 3.29. The molecule has 0 radical (unpaired) electrons. The molecule has 1 nitrogen and oxygen atoms in total. The molecule has 274 valence electrons. The quantitative estimate of drug-likeness (QED) is 0.154. The third-order valence-corrected chi connectivity index (χ3v) is 12.1. The highest BCUT2D eigenvalue weighted by Crippen LogP contribution is 2.40. The van der Waals surface area contributed by atoms with Crippen molar-refractivity contribution in [3.63, 3.8) is 0 Å². The Morgan fingerprint density at radius 2 is 0.897 bits per heavy atom. The van der Waals surface area contributed by atoms with Gasteiger partial charge in [0, 0.05) is 17.1 Å². The summed E-state index contributed by atoms with van der Waals surface area (Å²) in [5, 5.41) is 13.0. The molecule has 0 bridgehead atoms. The van der Waals surface area contributed by atoms with Crippen molar-refractivity contribution in [2.75, 3.05) is 4.90 Å². The van der Waals surface area contributed by atoms with Gasteiger partial charge in [0.2, 0.25) is 0 Å². The van der Waals surface area contributed by atoms with Gasteiger partial charge in [-0.1, -0.05) is 177 Å². The van der Waals surface area contributed by atoms with Gasteiger partial charge >= 0.3 is 0 Å². The highest BCUT2D eigenvalue weighted by atomic mass is 15.1. The summed E-state index contributed by atoms with van der Waals surface area (Å²) >= 11 is 0. The fourth-order valence-corrected chi connectivity index (χ4v) is 9.19. The molecule has 1 unspecified atom stereocenters. The first-order valence-corrected chi connectivity index (χ1v) is 20.4. The van der Waals surface area contributed by atoms with Gasteiger partial charge in [-0.25, -0.2) is 0 Å². The maximum Gasteiger partial charge on any atom is 0.0468 e. The van der Waals surface area contributed by atoms with Crippen molar-refractivity contribution in [2.45, 2.75) is 13.3 Å². The van der Waals surface area contributed by atoms with Crippen molar-refractivity contribution in [1.82, 2.24) is 0 Å². The van der Waals surface area contributed by atoms with Crippen LogP contribution in [0.3, 0.4) is 0 Å². The summed E-state index contributed by atoms with van der Waals surface area (Å²) < 4.78 is 0. The highest BCUT2D eigenvalue weighted by Gasteiger charge is 2.17. The first kappa shape index (κ1) is 34.1. The zero-order valence-corrected chi connectivity index (χ0v) is 32.4. The third kappa shape index (κ3) is 5.95. The molecule has 1 atom stereocenters. The van der Waals surface area contributed by atoms with E-state index in [9.17, 15) is 0 Å². The van der Waals surface area contributed by atoms with E-state index in [0.29, 0.717) is 5.92 Å². The smallest absolute Gasteiger partial charge is 0.0468 e. The van der Waals surface area contributed by atoms with Crippen LogP contribution in [0.25, 0.3) is 88.6 Å². The molecule has 0 spiro atoms. The van der Waals surface area contributed by atoms with E-state index < -0.39 is 0 Å². The molecule has 11 rings (SSSR count). The van der Waals surface area contributed by atoms with Crippen LogP contribution in [0, 0.1) is 5.92 Å². The minimum atomic E-state index is 0.504. The summed E-state index contributed by atoms with van der Waals surface area (Å²) in [5.41, 5.74) is 10.7. The second-order valence-corrected chi connectivity index (χ2v) is 15.8. The van der Waals surface area contributed by atoms with E-state index in [1.54, 1.807) is 0 Å². The fourth-order valence-electron chi connectivity index (χ4n) is 9.19. The number of hydrogen-bond acceptors (Lipinski definition) is 1. The van der Waals surface area contributed by atoms with Crippen molar-refractivity contribution in [3.8, 4) is 33.4 Å². The minimum absolute atomic E-state index is 0.504. The lowest BCUT2D eigenvalue weighted by molar-refractivity contribution is 0.801. The SMILES string of the molecule is CC1C=c2c(-c3ccc(-c4cccc(N(c5cccc(-c6ccccc6)c5)c5ccc6ccc7ccccc7c6c5)c4)cc3)cc3c(ccc4ccccc43)c2=CC1. The monoisotopic (exact) mass is 739 g/mol. The lowest BCUT2D eigenvalue weighted by atomic mass is 9.88. The molecule has 1 heteroatoms. The lowest BCUT2D eigenvalue weighted by Crippen LogP contribution is -2.31. The second kappa shape index (κ2) is 14.1. The van der Waals surface area contributed by atoms with E-state index in [1.807, 2.05) is 0 Å². The first-order valence-electron chi connectivity index (χ1n) is 20.4. The zero-order chi connectivity index (χ0) is 38.6. The Kier molecular flexibility index (Phi) is 8.26. The van der Waals surface area contributed by atoms with Crippen molar-refractivity contribution in [1.29, 1.82) is 0 Å². The predicted octanol–water partition coefficient (Wildman–Crippen LogP) is 14.4. The summed E-state index contributed by atoms with van der Waals surface area (Å²) in [4.78, 5) is 2.41. The van der Waals surface area contributed by atoms with E-state index >= 15 is 0 Å². The molecule has 0 aliphatic heterocycles. The van der Waals surface area contributed by atoms with Gasteiger partial charge in [-0.2, -0.15) is 0 Å². The van der Waals surface area contributed by atoms with Gasteiger partial charge in [-0.05, 0) is 142 Å². The fraction of sp³-hybridized carbons (Fsp3) is 0.0526. The molecule has 0 aromatic heterocycles. The van der Waals surface area contributed by atoms with Crippen molar-refractivity contribution >= 4 is 72.3 Å². The number of benzene rings is 10. The van der Waals surface area contributed by atoms with Crippen LogP contribution < -0.4 is 15.3 Å². The van der Waals surface area contributed by atoms with E-state index in [4.69, 9.17) is 0 Å². The topological polar surface area (TPSA) is 3.24 Å². The van der Waals surface area contributed by atoms with Crippen LogP contribution in [0.2, 0.25) is 0 Å². The molecule has 1 aliphatic rings. The minimum Gasteiger partial charge on any atom is -0.310 e. The molecule has 58 heavy (non-hydrogen) atoms. The predicted molar refractivity (Wildman–Crippen MR) is 249 cm³/mol. The van der Waals surface area contributed by atoms with Gasteiger partial charge < -0.3 is 4.90 Å². The van der Waals surface area contributed by atoms with Crippen LogP contribution >= 0.6 is 0 Å². The summed E-state index contributed by atoms with van der Waals surface area (Å²) in [6.45, 7) is 2.32. The van der Waals surface area contributed by atoms with Crippen molar-refractivity contribution in [3.05, 3.63) is 211 Å². The van der Waals surface area contributed by atoms with Gasteiger partial charge in [-0.3, -0.25) is 0 Å². The van der Waals surface area contributed by atoms with E-state index in [2.05, 4.69) is 224 Å². The summed E-state index contributed by atoms with van der Waals surface area (Å²) in [5.74, 6) is 0.504. The second-order valence-electron chi connectivity index (χ2n) is 15.8. The molecule has 1 aliphatic carbocycles. The van der Waals surface area contributed by atoms with Gasteiger partial charge in [0.05, 0.1) is 0 Å². The van der Waals surface area contributed by atoms with Crippen molar-refractivity contribution < 1.29 is 0 Å². The Morgan fingerprint density at radius 3 is 1.60 bits per heavy atom. The van der Waals surface area contributed by atoms with Crippen LogP contribution in [-0.4, -0.2) is 0 Å². The van der Waals surface area contributed by atoms with Crippen molar-refractivity contribution in [2.24, 2.45) is 5.92 Å². The molecule has 0 fully saturated rings. The van der Waals surface area contributed by atoms with Gasteiger partial charge in [0.1, 0.15) is 0 Å². The molecule has 10 aromatic rings. The Hall–Kier alpha value is -7.22. The maximum atomic E-state index is 2.48. The number of nitrogens with zero attached hydrogens (tertiary/aromatic N) is 1. The molecular formula is C57H41N. The zero-order valence-electron chi connectivity index (χ0n) is 32.4.